The first kappa shape index (κ1) is 16.6. The molecule has 1 aliphatic rings. The highest BCUT2D eigenvalue weighted by Gasteiger charge is 2.31. The van der Waals surface area contributed by atoms with E-state index in [4.69, 9.17) is 4.74 Å². The number of aliphatic hydroxyl groups excluding tert-OH is 1. The van der Waals surface area contributed by atoms with Crippen molar-refractivity contribution < 1.29 is 9.84 Å². The molecule has 19 heavy (non-hydrogen) atoms. The van der Waals surface area contributed by atoms with Gasteiger partial charge in [-0.3, -0.25) is 4.90 Å². The predicted molar refractivity (Wildman–Crippen MR) is 78.8 cm³/mol. The lowest BCUT2D eigenvalue weighted by Crippen LogP contribution is -2.34. The zero-order valence-corrected chi connectivity index (χ0v) is 13.1. The van der Waals surface area contributed by atoms with Crippen molar-refractivity contribution in [2.75, 3.05) is 33.2 Å². The van der Waals surface area contributed by atoms with Gasteiger partial charge in [-0.2, -0.15) is 0 Å². The van der Waals surface area contributed by atoms with Crippen LogP contribution in [0.25, 0.3) is 0 Å². The van der Waals surface area contributed by atoms with E-state index in [1.165, 1.54) is 5.57 Å². The van der Waals surface area contributed by atoms with Crippen molar-refractivity contribution in [1.29, 1.82) is 0 Å². The summed E-state index contributed by atoms with van der Waals surface area (Å²) in [7, 11) is 2.11. The molecule has 0 amide bonds. The molecule has 1 N–H and O–H groups in total. The number of aliphatic hydroxyl groups is 1. The number of rotatable bonds is 7. The van der Waals surface area contributed by atoms with Crippen molar-refractivity contribution >= 4 is 0 Å². The minimum absolute atomic E-state index is 0.116. The summed E-state index contributed by atoms with van der Waals surface area (Å²) in [6.45, 7) is 12.2. The monoisotopic (exact) mass is 270 g/mol. The van der Waals surface area contributed by atoms with Gasteiger partial charge in [0.05, 0.1) is 6.10 Å². The molecule has 4 heteroatoms. The zero-order chi connectivity index (χ0) is 14.4. The third kappa shape index (κ3) is 6.52. The molecule has 1 heterocycles. The number of likely N-dealkylation sites (N-methyl/N-ethyl adjacent to an activating group) is 1. The fraction of sp³-hybridized carbons (Fsp3) is 0.867. The summed E-state index contributed by atoms with van der Waals surface area (Å²) in [6, 6.07) is 0. The van der Waals surface area contributed by atoms with E-state index in [2.05, 4.69) is 45.7 Å². The van der Waals surface area contributed by atoms with Crippen molar-refractivity contribution in [2.45, 2.75) is 46.6 Å². The van der Waals surface area contributed by atoms with Crippen molar-refractivity contribution in [1.82, 2.24) is 9.80 Å². The molecule has 1 fully saturated rings. The van der Waals surface area contributed by atoms with Gasteiger partial charge in [0.1, 0.15) is 0 Å². The summed E-state index contributed by atoms with van der Waals surface area (Å²) in [6.07, 6.45) is 2.55. The van der Waals surface area contributed by atoms with Gasteiger partial charge in [0, 0.05) is 26.2 Å². The van der Waals surface area contributed by atoms with Crippen LogP contribution in [0.15, 0.2) is 11.6 Å². The van der Waals surface area contributed by atoms with E-state index in [0.717, 1.165) is 32.6 Å². The highest BCUT2D eigenvalue weighted by molar-refractivity contribution is 4.93. The molecule has 2 unspecified atom stereocenters. The maximum absolute atomic E-state index is 9.88. The minimum Gasteiger partial charge on any atom is -0.356 e. The fourth-order valence-electron chi connectivity index (χ4n) is 2.52. The van der Waals surface area contributed by atoms with E-state index in [9.17, 15) is 5.11 Å². The summed E-state index contributed by atoms with van der Waals surface area (Å²) in [5.74, 6) is 0.657. The molecule has 0 aromatic carbocycles. The van der Waals surface area contributed by atoms with Crippen LogP contribution in [0, 0.1) is 5.92 Å². The molecule has 0 aromatic rings. The molecular formula is C15H30N2O2. The van der Waals surface area contributed by atoms with Crippen LogP contribution < -0.4 is 0 Å². The Kier molecular flexibility index (Phi) is 7.00. The SMILES string of the molecule is CC(C)=CCCN1CC(CN(C)CC(C)C)OC1O. The quantitative estimate of drug-likeness (QED) is 0.717. The average Bonchev–Trinajstić information content (AvgIpc) is 2.57. The van der Waals surface area contributed by atoms with Gasteiger partial charge in [0.2, 0.25) is 6.41 Å². The molecule has 1 rings (SSSR count). The van der Waals surface area contributed by atoms with E-state index < -0.39 is 6.41 Å². The molecule has 1 saturated heterocycles. The molecular weight excluding hydrogens is 240 g/mol. The van der Waals surface area contributed by atoms with Crippen molar-refractivity contribution in [3.63, 3.8) is 0 Å². The molecule has 112 valence electrons. The Balaban J connectivity index is 2.31. The molecule has 1 aliphatic heterocycles. The van der Waals surface area contributed by atoms with Crippen molar-refractivity contribution in [2.24, 2.45) is 5.92 Å². The second-order valence-electron chi connectivity index (χ2n) is 6.26. The van der Waals surface area contributed by atoms with Crippen molar-refractivity contribution in [3.8, 4) is 0 Å². The first-order valence-corrected chi connectivity index (χ1v) is 7.28. The Labute approximate surface area is 118 Å². The molecule has 0 aromatic heterocycles. The van der Waals surface area contributed by atoms with Gasteiger partial charge in [-0.1, -0.05) is 25.5 Å². The van der Waals surface area contributed by atoms with Crippen LogP contribution in [0.4, 0.5) is 0 Å². The second-order valence-corrected chi connectivity index (χ2v) is 6.26. The molecule has 0 spiro atoms. The average molecular weight is 270 g/mol. The third-order valence-corrected chi connectivity index (χ3v) is 3.23. The van der Waals surface area contributed by atoms with Gasteiger partial charge in [-0.15, -0.1) is 0 Å². The fourth-order valence-corrected chi connectivity index (χ4v) is 2.52. The third-order valence-electron chi connectivity index (χ3n) is 3.23. The number of hydrogen-bond donors (Lipinski definition) is 1. The smallest absolute Gasteiger partial charge is 0.216 e. The minimum atomic E-state index is -0.733. The van der Waals surface area contributed by atoms with Crippen LogP contribution in [-0.4, -0.2) is 60.7 Å². The van der Waals surface area contributed by atoms with Crippen LogP contribution in [0.5, 0.6) is 0 Å². The van der Waals surface area contributed by atoms with Crippen LogP contribution in [-0.2, 0) is 4.74 Å². The van der Waals surface area contributed by atoms with E-state index in [1.807, 2.05) is 4.90 Å². The molecule has 2 atom stereocenters. The summed E-state index contributed by atoms with van der Waals surface area (Å²) < 4.78 is 5.60. The largest absolute Gasteiger partial charge is 0.356 e. The van der Waals surface area contributed by atoms with Crippen LogP contribution in [0.2, 0.25) is 0 Å². The first-order valence-electron chi connectivity index (χ1n) is 7.28. The van der Waals surface area contributed by atoms with Gasteiger partial charge in [-0.25, -0.2) is 0 Å². The van der Waals surface area contributed by atoms with E-state index in [0.29, 0.717) is 5.92 Å². The van der Waals surface area contributed by atoms with Gasteiger partial charge in [0.15, 0.2) is 0 Å². The lowest BCUT2D eigenvalue weighted by Gasteiger charge is -2.21. The van der Waals surface area contributed by atoms with Crippen LogP contribution >= 0.6 is 0 Å². The van der Waals surface area contributed by atoms with Gasteiger partial charge >= 0.3 is 0 Å². The molecule has 0 radical (unpaired) electrons. The number of nitrogens with zero attached hydrogens (tertiary/aromatic N) is 2. The van der Waals surface area contributed by atoms with Crippen molar-refractivity contribution in [3.05, 3.63) is 11.6 Å². The summed E-state index contributed by atoms with van der Waals surface area (Å²) in [4.78, 5) is 4.29. The summed E-state index contributed by atoms with van der Waals surface area (Å²) in [5, 5.41) is 9.88. The molecule has 0 bridgehead atoms. The molecule has 0 saturated carbocycles. The number of allylic oxidation sites excluding steroid dienone is 1. The molecule has 4 nitrogen and oxygen atoms in total. The first-order chi connectivity index (χ1) is 8.88. The highest BCUT2D eigenvalue weighted by Crippen LogP contribution is 2.16. The Morgan fingerprint density at radius 3 is 2.74 bits per heavy atom. The number of hydrogen-bond acceptors (Lipinski definition) is 4. The highest BCUT2D eigenvalue weighted by atomic mass is 16.6. The van der Waals surface area contributed by atoms with E-state index in [1.54, 1.807) is 0 Å². The van der Waals surface area contributed by atoms with Crippen LogP contribution in [0.3, 0.4) is 0 Å². The molecule has 0 aliphatic carbocycles. The summed E-state index contributed by atoms with van der Waals surface area (Å²) >= 11 is 0. The Morgan fingerprint density at radius 1 is 1.47 bits per heavy atom. The standard InChI is InChI=1S/C15H30N2O2/c1-12(2)7-6-8-17-11-14(19-15(17)18)10-16(5)9-13(3)4/h7,13-15,18H,6,8-11H2,1-5H3. The van der Waals surface area contributed by atoms with Crippen LogP contribution in [0.1, 0.15) is 34.1 Å². The van der Waals surface area contributed by atoms with Gasteiger partial charge in [-0.05, 0) is 33.2 Å². The maximum atomic E-state index is 9.88. The topological polar surface area (TPSA) is 35.9 Å². The Bertz CT molecular complexity index is 288. The van der Waals surface area contributed by atoms with E-state index >= 15 is 0 Å². The predicted octanol–water partition coefficient (Wildman–Crippen LogP) is 1.91. The lowest BCUT2D eigenvalue weighted by atomic mass is 10.2. The zero-order valence-electron chi connectivity index (χ0n) is 13.1. The normalized spacial score (nSPS) is 24.4. The Morgan fingerprint density at radius 2 is 2.16 bits per heavy atom. The lowest BCUT2D eigenvalue weighted by molar-refractivity contribution is -0.150. The van der Waals surface area contributed by atoms with E-state index in [-0.39, 0.29) is 6.10 Å². The Hall–Kier alpha value is -0.420. The van der Waals surface area contributed by atoms with Gasteiger partial charge in [0.25, 0.3) is 0 Å². The maximum Gasteiger partial charge on any atom is 0.216 e. The number of ether oxygens (including phenoxy) is 1. The van der Waals surface area contributed by atoms with Gasteiger partial charge < -0.3 is 14.7 Å². The summed E-state index contributed by atoms with van der Waals surface area (Å²) in [5.41, 5.74) is 1.32. The second kappa shape index (κ2) is 8.00.